The van der Waals surface area contributed by atoms with Crippen molar-refractivity contribution in [1.29, 1.82) is 0 Å². The van der Waals surface area contributed by atoms with Crippen LogP contribution in [0.5, 0.6) is 0 Å². The van der Waals surface area contributed by atoms with Gasteiger partial charge in [0.1, 0.15) is 0 Å². The fourth-order valence-electron chi connectivity index (χ4n) is 1.02. The fourth-order valence-corrected chi connectivity index (χ4v) is 1.02. The minimum atomic E-state index is -0.0310. The second-order valence-corrected chi connectivity index (χ2v) is 2.86. The van der Waals surface area contributed by atoms with Crippen LogP contribution in [0.3, 0.4) is 0 Å². The molecule has 8 nitrogen and oxygen atoms in total. The maximum absolute atomic E-state index is 11.0. The molecule has 84 valence electrons. The van der Waals surface area contributed by atoms with Crippen LogP contribution in [0.2, 0.25) is 0 Å². The molecule has 8 heteroatoms. The monoisotopic (exact) mass is 212 g/mol. The predicted molar refractivity (Wildman–Crippen MR) is 58.3 cm³/mol. The summed E-state index contributed by atoms with van der Waals surface area (Å²) < 4.78 is 0. The summed E-state index contributed by atoms with van der Waals surface area (Å²) in [6.07, 6.45) is 0. The molecule has 1 rings (SSSR count). The number of hydroxylamine groups is 1. The van der Waals surface area contributed by atoms with Gasteiger partial charge < -0.3 is 31.0 Å². The molecule has 1 aromatic rings. The molecular formula is C7H10N5O3-3. The number of nitrogens with zero attached hydrogens (tertiary/aromatic N) is 3. The zero-order valence-electron chi connectivity index (χ0n) is 7.95. The Bertz CT molecular complexity index is 277. The Labute approximate surface area is 85.9 Å². The van der Waals surface area contributed by atoms with E-state index in [1.165, 1.54) is 25.2 Å². The third kappa shape index (κ3) is 2.68. The lowest BCUT2D eigenvalue weighted by molar-refractivity contribution is 1.06. The van der Waals surface area contributed by atoms with Gasteiger partial charge in [0.25, 0.3) is 0 Å². The molecule has 0 heterocycles. The Kier molecular flexibility index (Phi) is 3.29. The largest absolute Gasteiger partial charge is 0.758 e. The molecular weight excluding hydrogens is 202 g/mol. The highest BCUT2D eigenvalue weighted by molar-refractivity contribution is 5.69. The van der Waals surface area contributed by atoms with Crippen molar-refractivity contribution in [3.05, 3.63) is 33.8 Å². The summed E-state index contributed by atoms with van der Waals surface area (Å²) in [5.74, 6) is 9.90. The molecule has 0 bridgehead atoms. The quantitative estimate of drug-likeness (QED) is 0.527. The van der Waals surface area contributed by atoms with Crippen LogP contribution in [0.4, 0.5) is 17.1 Å². The van der Waals surface area contributed by atoms with Gasteiger partial charge in [-0.2, -0.15) is 0 Å². The van der Waals surface area contributed by atoms with Crippen molar-refractivity contribution >= 4 is 17.1 Å². The molecule has 0 spiro atoms. The summed E-state index contributed by atoms with van der Waals surface area (Å²) in [7, 11) is 1.22. The minimum Gasteiger partial charge on any atom is -0.758 e. The molecule has 0 unspecified atom stereocenters. The SMILES string of the molecule is CN([O-])c1cc(N(N)[O-])cc(N(N)[O-])c1. The first-order chi connectivity index (χ1) is 6.91. The summed E-state index contributed by atoms with van der Waals surface area (Å²) >= 11 is 0. The van der Waals surface area contributed by atoms with Gasteiger partial charge in [0.15, 0.2) is 0 Å². The molecule has 0 aliphatic rings. The number of hydrazine groups is 2. The molecule has 0 saturated carbocycles. The fraction of sp³-hybridized carbons (Fsp3) is 0.143. The van der Waals surface area contributed by atoms with Crippen LogP contribution < -0.4 is 27.1 Å². The van der Waals surface area contributed by atoms with Gasteiger partial charge in [-0.15, -0.1) is 0 Å². The zero-order valence-corrected chi connectivity index (χ0v) is 7.95. The van der Waals surface area contributed by atoms with Crippen LogP contribution in [0.1, 0.15) is 0 Å². The molecule has 15 heavy (non-hydrogen) atoms. The average Bonchev–Trinajstić information content (AvgIpc) is 2.16. The molecule has 0 aliphatic carbocycles. The number of anilines is 3. The van der Waals surface area contributed by atoms with E-state index < -0.39 is 0 Å². The third-order valence-electron chi connectivity index (χ3n) is 1.76. The van der Waals surface area contributed by atoms with Crippen molar-refractivity contribution in [1.82, 2.24) is 0 Å². The van der Waals surface area contributed by atoms with Crippen molar-refractivity contribution < 1.29 is 0 Å². The number of rotatable bonds is 3. The first kappa shape index (κ1) is 11.5. The van der Waals surface area contributed by atoms with Crippen LogP contribution in [0, 0.1) is 15.6 Å². The van der Waals surface area contributed by atoms with Gasteiger partial charge in [0.2, 0.25) is 0 Å². The van der Waals surface area contributed by atoms with Crippen molar-refractivity contribution in [3.63, 3.8) is 0 Å². The maximum atomic E-state index is 11.0. The second kappa shape index (κ2) is 4.29. The van der Waals surface area contributed by atoms with E-state index in [1.807, 2.05) is 0 Å². The van der Waals surface area contributed by atoms with E-state index in [2.05, 4.69) is 0 Å². The van der Waals surface area contributed by atoms with E-state index in [0.29, 0.717) is 5.06 Å². The van der Waals surface area contributed by atoms with Gasteiger partial charge in [-0.1, -0.05) is 0 Å². The Morgan fingerprint density at radius 2 is 1.20 bits per heavy atom. The van der Waals surface area contributed by atoms with Crippen molar-refractivity contribution in [2.24, 2.45) is 11.7 Å². The maximum Gasteiger partial charge on any atom is 0.0444 e. The van der Waals surface area contributed by atoms with E-state index >= 15 is 0 Å². The predicted octanol–water partition coefficient (Wildman–Crippen LogP) is -0.0236. The molecule has 1 aromatic carbocycles. The molecule has 0 radical (unpaired) electrons. The Morgan fingerprint density at radius 3 is 1.47 bits per heavy atom. The van der Waals surface area contributed by atoms with E-state index in [1.54, 1.807) is 0 Å². The molecule has 0 saturated heterocycles. The van der Waals surface area contributed by atoms with Gasteiger partial charge in [-0.3, -0.25) is 11.7 Å². The van der Waals surface area contributed by atoms with Gasteiger partial charge in [0, 0.05) is 17.1 Å². The minimum absolute atomic E-state index is 0.0310. The molecule has 0 fully saturated rings. The number of hydrogen-bond acceptors (Lipinski definition) is 8. The van der Waals surface area contributed by atoms with Gasteiger partial charge in [0.05, 0.1) is 0 Å². The Morgan fingerprint density at radius 1 is 0.867 bits per heavy atom. The summed E-state index contributed by atoms with van der Waals surface area (Å²) in [5, 5.41) is 33.2. The topological polar surface area (TPSA) is 131 Å². The molecule has 0 aromatic heterocycles. The summed E-state index contributed by atoms with van der Waals surface area (Å²) in [4.78, 5) is 0. The van der Waals surface area contributed by atoms with Crippen molar-refractivity contribution in [2.75, 3.05) is 22.5 Å². The smallest absolute Gasteiger partial charge is 0.0444 e. The second-order valence-electron chi connectivity index (χ2n) is 2.86. The summed E-state index contributed by atoms with van der Waals surface area (Å²) in [6, 6.07) is 3.66. The van der Waals surface area contributed by atoms with Crippen LogP contribution >= 0.6 is 0 Å². The normalized spacial score (nSPS) is 10.0. The zero-order chi connectivity index (χ0) is 11.6. The third-order valence-corrected chi connectivity index (χ3v) is 1.76. The van der Waals surface area contributed by atoms with Crippen molar-refractivity contribution in [3.8, 4) is 0 Å². The Hall–Kier alpha value is -1.58. The highest BCUT2D eigenvalue weighted by Crippen LogP contribution is 2.26. The lowest BCUT2D eigenvalue weighted by Gasteiger charge is -2.33. The number of hydrogen-bond donors (Lipinski definition) is 2. The molecule has 0 aliphatic heterocycles. The summed E-state index contributed by atoms with van der Waals surface area (Å²) in [6.45, 7) is 0. The van der Waals surface area contributed by atoms with Gasteiger partial charge in [-0.05, 0) is 25.2 Å². The van der Waals surface area contributed by atoms with E-state index in [9.17, 15) is 15.6 Å². The van der Waals surface area contributed by atoms with Gasteiger partial charge >= 0.3 is 0 Å². The van der Waals surface area contributed by atoms with Crippen LogP contribution in [0.25, 0.3) is 0 Å². The number of nitrogens with two attached hydrogens (primary N) is 2. The van der Waals surface area contributed by atoms with Gasteiger partial charge in [-0.25, -0.2) is 0 Å². The van der Waals surface area contributed by atoms with Crippen LogP contribution in [0.15, 0.2) is 18.2 Å². The van der Waals surface area contributed by atoms with Crippen LogP contribution in [-0.4, -0.2) is 7.05 Å². The van der Waals surface area contributed by atoms with E-state index in [4.69, 9.17) is 11.7 Å². The van der Waals surface area contributed by atoms with E-state index in [-0.39, 0.29) is 27.4 Å². The van der Waals surface area contributed by atoms with Crippen molar-refractivity contribution in [2.45, 2.75) is 0 Å². The van der Waals surface area contributed by atoms with E-state index in [0.717, 1.165) is 0 Å². The molecule has 0 atom stereocenters. The standard InChI is InChI=1S/C7H10N5O3/c1-10(13)5-2-6(11(8)14)4-7(3-5)12(9)15/h2-4H,8-9H2,1H3/q-3. The Balaban J connectivity index is 3.20. The first-order valence-electron chi connectivity index (χ1n) is 3.91. The lowest BCUT2D eigenvalue weighted by Crippen LogP contribution is -2.26. The highest BCUT2D eigenvalue weighted by Gasteiger charge is 2.01. The summed E-state index contributed by atoms with van der Waals surface area (Å²) in [5.41, 5.74) is 0.0492. The molecule has 4 N–H and O–H groups in total. The molecule has 0 amide bonds. The lowest BCUT2D eigenvalue weighted by atomic mass is 10.2. The average molecular weight is 212 g/mol. The number of benzene rings is 1. The first-order valence-corrected chi connectivity index (χ1v) is 3.91. The highest BCUT2D eigenvalue weighted by atomic mass is 16.5. The van der Waals surface area contributed by atoms with Crippen LogP contribution in [-0.2, 0) is 0 Å².